The molecule has 0 radical (unpaired) electrons. The number of nitrogens with one attached hydrogen (secondary N) is 3. The summed E-state index contributed by atoms with van der Waals surface area (Å²) in [5, 5.41) is 13.0. The van der Waals surface area contributed by atoms with Crippen LogP contribution in [0.5, 0.6) is 17.2 Å². The van der Waals surface area contributed by atoms with Crippen LogP contribution in [0.1, 0.15) is 36.8 Å². The third-order valence-electron chi connectivity index (χ3n) is 5.54. The van der Waals surface area contributed by atoms with E-state index >= 15 is 0 Å². The Bertz CT molecular complexity index is 1560. The number of H-pyrrole nitrogens is 1. The average molecular weight is 537 g/mol. The summed E-state index contributed by atoms with van der Waals surface area (Å²) in [6.45, 7) is 6.08. The minimum absolute atomic E-state index is 0.0134. The van der Waals surface area contributed by atoms with Gasteiger partial charge in [0.25, 0.3) is 11.7 Å². The van der Waals surface area contributed by atoms with Crippen LogP contribution in [0.25, 0.3) is 10.9 Å². The smallest absolute Gasteiger partial charge is 0.324 e. The predicted octanol–water partition coefficient (Wildman–Crippen LogP) is 5.02. The molecule has 2 aromatic heterocycles. The number of aromatic nitrogens is 3. The number of nitrogens with two attached hydrogens (primary N) is 1. The van der Waals surface area contributed by atoms with Crippen LogP contribution in [0.3, 0.4) is 0 Å². The molecule has 0 atom stereocenters. The highest BCUT2D eigenvalue weighted by Crippen LogP contribution is 2.35. The van der Waals surface area contributed by atoms with Gasteiger partial charge in [0.2, 0.25) is 0 Å². The number of Topliss-reactive ketones (excluding diaryl/α,β-unsaturated/α-hetero) is 1. The zero-order chi connectivity index (χ0) is 27.6. The Labute approximate surface area is 222 Å². The van der Waals surface area contributed by atoms with E-state index in [2.05, 4.69) is 25.8 Å². The lowest BCUT2D eigenvalue weighted by atomic mass is 9.92. The van der Waals surface area contributed by atoms with Gasteiger partial charge in [0.05, 0.1) is 28.9 Å². The predicted molar refractivity (Wildman–Crippen MR) is 143 cm³/mol. The Morgan fingerprint density at radius 1 is 1.03 bits per heavy atom. The van der Waals surface area contributed by atoms with E-state index in [-0.39, 0.29) is 21.8 Å². The first-order valence-corrected chi connectivity index (χ1v) is 11.8. The van der Waals surface area contributed by atoms with Gasteiger partial charge >= 0.3 is 6.03 Å². The second kappa shape index (κ2) is 10.4. The molecule has 0 bridgehead atoms. The fourth-order valence-electron chi connectivity index (χ4n) is 3.54. The van der Waals surface area contributed by atoms with Gasteiger partial charge < -0.3 is 20.5 Å². The molecule has 0 spiro atoms. The summed E-state index contributed by atoms with van der Waals surface area (Å²) < 4.78 is 11.2. The number of carbonyl (C=O) groups excluding carboxylic acids is 3. The molecule has 38 heavy (non-hydrogen) atoms. The van der Waals surface area contributed by atoms with Crippen LogP contribution in [-0.2, 0) is 10.2 Å². The number of nitrogens with zero attached hydrogens (tertiary/aromatic N) is 2. The van der Waals surface area contributed by atoms with E-state index < -0.39 is 17.7 Å². The fourth-order valence-corrected chi connectivity index (χ4v) is 3.76. The molecule has 12 heteroatoms. The van der Waals surface area contributed by atoms with Crippen molar-refractivity contribution in [2.45, 2.75) is 26.2 Å². The largest absolute Gasteiger partial charge is 0.496 e. The zero-order valence-electron chi connectivity index (χ0n) is 21.0. The van der Waals surface area contributed by atoms with Crippen molar-refractivity contribution in [3.8, 4) is 17.2 Å². The number of halogens is 1. The molecule has 0 aliphatic rings. The number of rotatable bonds is 7. The van der Waals surface area contributed by atoms with Gasteiger partial charge in [-0.2, -0.15) is 5.10 Å². The zero-order valence-corrected chi connectivity index (χ0v) is 21.8. The second-order valence-corrected chi connectivity index (χ2v) is 9.72. The normalized spacial score (nSPS) is 11.2. The van der Waals surface area contributed by atoms with E-state index in [4.69, 9.17) is 26.8 Å². The molecular weight excluding hydrogens is 512 g/mol. The van der Waals surface area contributed by atoms with Gasteiger partial charge in [0.1, 0.15) is 17.2 Å². The number of fused-ring (bicyclic) bond motifs is 1. The summed E-state index contributed by atoms with van der Waals surface area (Å²) >= 11 is 6.40. The number of methoxy groups -OCH3 is 1. The standard InChI is InChI=1S/C26H25ClN6O5/c1-26(2,3)21-12-22(33-32-21)31-25(36)30-17-6-5-13(9-16(17)27)38-19-7-8-29-18-11-20(37-4)15(10-14(18)19)23(34)24(28)35/h5-12H,1-4H3,(H2,28,35)(H3,30,31,32,33,36). The van der Waals surface area contributed by atoms with E-state index in [1.165, 1.54) is 31.5 Å². The van der Waals surface area contributed by atoms with Crippen molar-refractivity contribution in [3.63, 3.8) is 0 Å². The maximum atomic E-state index is 12.5. The summed E-state index contributed by atoms with van der Waals surface area (Å²) in [5.41, 5.74) is 6.71. The third kappa shape index (κ3) is 5.68. The number of aromatic amines is 1. The van der Waals surface area contributed by atoms with Crippen molar-refractivity contribution >= 4 is 51.7 Å². The van der Waals surface area contributed by atoms with Crippen molar-refractivity contribution in [1.82, 2.24) is 15.2 Å². The maximum absolute atomic E-state index is 12.5. The molecule has 0 aliphatic carbocycles. The number of benzene rings is 2. The van der Waals surface area contributed by atoms with Crippen LogP contribution in [-0.4, -0.2) is 40.0 Å². The molecule has 0 unspecified atom stereocenters. The molecule has 11 nitrogen and oxygen atoms in total. The molecular formula is C26H25ClN6O5. The van der Waals surface area contributed by atoms with Gasteiger partial charge in [0, 0.05) is 40.9 Å². The lowest BCUT2D eigenvalue weighted by molar-refractivity contribution is -0.114. The van der Waals surface area contributed by atoms with Crippen LogP contribution < -0.4 is 25.8 Å². The number of pyridine rings is 1. The number of carbonyl (C=O) groups is 3. The fraction of sp³-hybridized carbons (Fsp3) is 0.192. The van der Waals surface area contributed by atoms with Gasteiger partial charge in [-0.3, -0.25) is 25.0 Å². The maximum Gasteiger partial charge on any atom is 0.324 e. The van der Waals surface area contributed by atoms with Crippen molar-refractivity contribution in [3.05, 3.63) is 64.9 Å². The Balaban J connectivity index is 1.53. The molecule has 4 rings (SSSR count). The van der Waals surface area contributed by atoms with Crippen molar-refractivity contribution in [1.29, 1.82) is 0 Å². The lowest BCUT2D eigenvalue weighted by Gasteiger charge is -2.14. The molecule has 0 fully saturated rings. The van der Waals surface area contributed by atoms with Crippen LogP contribution in [0.2, 0.25) is 5.02 Å². The highest BCUT2D eigenvalue weighted by atomic mass is 35.5. The van der Waals surface area contributed by atoms with Gasteiger partial charge in [-0.05, 0) is 24.3 Å². The highest BCUT2D eigenvalue weighted by molar-refractivity contribution is 6.43. The van der Waals surface area contributed by atoms with E-state index in [0.29, 0.717) is 33.9 Å². The molecule has 4 aromatic rings. The number of anilines is 2. The number of primary amides is 1. The van der Waals surface area contributed by atoms with Crippen molar-refractivity contribution in [2.75, 3.05) is 17.7 Å². The summed E-state index contributed by atoms with van der Waals surface area (Å²) in [6, 6.07) is 10.5. The molecule has 2 aromatic carbocycles. The SMILES string of the molecule is COc1cc2nccc(Oc3ccc(NC(=O)Nc4cc(C(C)(C)C)[nH]n4)c(Cl)c3)c2cc1C(=O)C(N)=O. The van der Waals surface area contributed by atoms with Gasteiger partial charge in [-0.25, -0.2) is 4.79 Å². The number of ether oxygens (including phenoxy) is 2. The van der Waals surface area contributed by atoms with E-state index in [1.54, 1.807) is 24.3 Å². The number of hydrogen-bond donors (Lipinski definition) is 4. The second-order valence-electron chi connectivity index (χ2n) is 9.31. The number of urea groups is 1. The summed E-state index contributed by atoms with van der Waals surface area (Å²) in [7, 11) is 1.37. The number of amides is 3. The topological polar surface area (TPSA) is 161 Å². The monoisotopic (exact) mass is 536 g/mol. The van der Waals surface area contributed by atoms with Gasteiger partial charge in [-0.15, -0.1) is 0 Å². The first kappa shape index (κ1) is 26.4. The summed E-state index contributed by atoms with van der Waals surface area (Å²) in [4.78, 5) is 40.5. The summed E-state index contributed by atoms with van der Waals surface area (Å²) in [6.07, 6.45) is 1.52. The van der Waals surface area contributed by atoms with Crippen LogP contribution in [0.4, 0.5) is 16.3 Å². The Morgan fingerprint density at radius 3 is 2.42 bits per heavy atom. The van der Waals surface area contributed by atoms with Gasteiger partial charge in [-0.1, -0.05) is 32.4 Å². The first-order valence-electron chi connectivity index (χ1n) is 11.4. The first-order chi connectivity index (χ1) is 18.0. The molecule has 5 N–H and O–H groups in total. The van der Waals surface area contributed by atoms with Gasteiger partial charge in [0.15, 0.2) is 5.82 Å². The number of ketones is 1. The minimum Gasteiger partial charge on any atom is -0.496 e. The van der Waals surface area contributed by atoms with E-state index in [0.717, 1.165) is 5.69 Å². The lowest BCUT2D eigenvalue weighted by Crippen LogP contribution is -2.23. The third-order valence-corrected chi connectivity index (χ3v) is 5.85. The molecule has 3 amide bonds. The van der Waals surface area contributed by atoms with Crippen LogP contribution in [0, 0.1) is 0 Å². The van der Waals surface area contributed by atoms with Crippen LogP contribution in [0.15, 0.2) is 48.7 Å². The minimum atomic E-state index is -1.12. The average Bonchev–Trinajstić information content (AvgIpc) is 3.33. The molecule has 196 valence electrons. The molecule has 0 saturated carbocycles. The Kier molecular flexibility index (Phi) is 7.22. The highest BCUT2D eigenvalue weighted by Gasteiger charge is 2.21. The van der Waals surface area contributed by atoms with E-state index in [9.17, 15) is 14.4 Å². The van der Waals surface area contributed by atoms with E-state index in [1.807, 2.05) is 20.8 Å². The number of hydrogen-bond acceptors (Lipinski definition) is 7. The molecule has 2 heterocycles. The quantitative estimate of drug-likeness (QED) is 0.190. The Hall–Kier alpha value is -4.64. The van der Waals surface area contributed by atoms with Crippen LogP contribution >= 0.6 is 11.6 Å². The Morgan fingerprint density at radius 2 is 1.79 bits per heavy atom. The van der Waals surface area contributed by atoms with Crippen molar-refractivity contribution < 1.29 is 23.9 Å². The molecule has 0 aliphatic heterocycles. The summed E-state index contributed by atoms with van der Waals surface area (Å²) in [5.74, 6) is -0.784. The molecule has 0 saturated heterocycles. The van der Waals surface area contributed by atoms with Crippen molar-refractivity contribution in [2.24, 2.45) is 5.73 Å².